The van der Waals surface area contributed by atoms with Crippen molar-refractivity contribution in [2.45, 2.75) is 30.6 Å². The zero-order valence-electron chi connectivity index (χ0n) is 21.3. The standard InChI is InChI=1S/C28H28N2O6S2/c1-5-20-29(37(32,33)24-15-11-22(3)12-16-24)26-9-7-8-10-27(26)30(21-19-28(31)36-6-2)38(34,35)25-17-13-23(4)14-18-25/h5,7-18H,1,6,20H2,2-4H3. The molecule has 0 saturated carbocycles. The van der Waals surface area contributed by atoms with Crippen molar-refractivity contribution in [3.63, 3.8) is 0 Å². The molecule has 0 aliphatic heterocycles. The van der Waals surface area contributed by atoms with Crippen LogP contribution < -0.4 is 8.61 Å². The first-order valence-corrected chi connectivity index (χ1v) is 14.5. The van der Waals surface area contributed by atoms with Gasteiger partial charge in [-0.15, -0.1) is 6.58 Å². The first-order chi connectivity index (χ1) is 18.0. The first-order valence-electron chi connectivity index (χ1n) is 11.6. The van der Waals surface area contributed by atoms with Gasteiger partial charge < -0.3 is 4.74 Å². The Kier molecular flexibility index (Phi) is 8.99. The Balaban J connectivity index is 2.26. The van der Waals surface area contributed by atoms with Crippen molar-refractivity contribution in [2.24, 2.45) is 0 Å². The van der Waals surface area contributed by atoms with Gasteiger partial charge in [0.2, 0.25) is 0 Å². The lowest BCUT2D eigenvalue weighted by atomic mass is 10.2. The number of anilines is 2. The van der Waals surface area contributed by atoms with E-state index in [1.165, 1.54) is 42.5 Å². The molecule has 10 heteroatoms. The Morgan fingerprint density at radius 1 is 0.842 bits per heavy atom. The van der Waals surface area contributed by atoms with Gasteiger partial charge in [0.05, 0.1) is 34.3 Å². The molecule has 198 valence electrons. The average Bonchev–Trinajstić information content (AvgIpc) is 2.88. The number of benzene rings is 3. The number of rotatable bonds is 9. The van der Waals surface area contributed by atoms with Crippen LogP contribution >= 0.6 is 0 Å². The number of hydrogen-bond acceptors (Lipinski definition) is 6. The number of nitrogens with zero attached hydrogens (tertiary/aromatic N) is 2. The predicted octanol–water partition coefficient (Wildman–Crippen LogP) is 4.40. The van der Waals surface area contributed by atoms with E-state index < -0.39 is 26.0 Å². The van der Waals surface area contributed by atoms with Crippen LogP contribution in [0.3, 0.4) is 0 Å². The highest BCUT2D eigenvalue weighted by atomic mass is 32.2. The summed E-state index contributed by atoms with van der Waals surface area (Å²) in [5, 5.41) is 0. The molecule has 8 nitrogen and oxygen atoms in total. The highest BCUT2D eigenvalue weighted by Crippen LogP contribution is 2.36. The van der Waals surface area contributed by atoms with E-state index >= 15 is 0 Å². The fraction of sp³-hybridized carbons (Fsp3) is 0.179. The number of esters is 1. The first kappa shape index (κ1) is 28.5. The van der Waals surface area contributed by atoms with Crippen molar-refractivity contribution in [1.82, 2.24) is 0 Å². The Hall–Kier alpha value is -4.07. The Bertz CT molecular complexity index is 1590. The number of carbonyl (C=O) groups is 1. The zero-order valence-corrected chi connectivity index (χ0v) is 22.9. The maximum atomic E-state index is 13.8. The lowest BCUT2D eigenvalue weighted by molar-refractivity contribution is -0.136. The molecule has 0 heterocycles. The number of para-hydroxylation sites is 2. The topological polar surface area (TPSA) is 101 Å². The fourth-order valence-corrected chi connectivity index (χ4v) is 6.18. The van der Waals surface area contributed by atoms with Crippen LogP contribution in [-0.2, 0) is 29.6 Å². The van der Waals surface area contributed by atoms with Crippen LogP contribution in [-0.4, -0.2) is 36.0 Å². The second kappa shape index (κ2) is 12.0. The minimum absolute atomic E-state index is 0.0188. The van der Waals surface area contributed by atoms with Gasteiger partial charge in [0.15, 0.2) is 0 Å². The Labute approximate surface area is 224 Å². The van der Waals surface area contributed by atoms with Gasteiger partial charge >= 0.3 is 5.97 Å². The number of carbonyl (C=O) groups excluding carboxylic acids is 1. The van der Waals surface area contributed by atoms with Crippen molar-refractivity contribution >= 4 is 37.4 Å². The van der Waals surface area contributed by atoms with E-state index in [4.69, 9.17) is 4.74 Å². The van der Waals surface area contributed by atoms with Gasteiger partial charge in [-0.05, 0) is 57.2 Å². The molecule has 0 atom stereocenters. The second-order valence-electron chi connectivity index (χ2n) is 8.17. The quantitative estimate of drug-likeness (QED) is 0.169. The van der Waals surface area contributed by atoms with E-state index in [-0.39, 0.29) is 34.3 Å². The molecule has 0 aromatic heterocycles. The monoisotopic (exact) mass is 552 g/mol. The SMILES string of the molecule is C=CCN(c1ccccc1N(C#CC(=O)OCC)S(=O)(=O)c1ccc(C)cc1)S(=O)(=O)c1ccc(C)cc1. The third kappa shape index (κ3) is 6.25. The molecule has 0 aliphatic carbocycles. The predicted molar refractivity (Wildman–Crippen MR) is 148 cm³/mol. The van der Waals surface area contributed by atoms with Crippen molar-refractivity contribution in [2.75, 3.05) is 21.8 Å². The van der Waals surface area contributed by atoms with Crippen LogP contribution in [0.4, 0.5) is 11.4 Å². The fourth-order valence-electron chi connectivity index (χ4n) is 3.46. The largest absolute Gasteiger partial charge is 0.456 e. The van der Waals surface area contributed by atoms with Crippen LogP contribution in [0.25, 0.3) is 0 Å². The Morgan fingerprint density at radius 3 is 1.84 bits per heavy atom. The summed E-state index contributed by atoms with van der Waals surface area (Å²) in [6.45, 7) is 8.82. The van der Waals surface area contributed by atoms with Gasteiger partial charge in [-0.3, -0.25) is 4.31 Å². The molecular weight excluding hydrogens is 524 g/mol. The zero-order chi connectivity index (χ0) is 27.9. The van der Waals surface area contributed by atoms with E-state index in [0.29, 0.717) is 4.31 Å². The summed E-state index contributed by atoms with van der Waals surface area (Å²) in [5.41, 5.74) is 1.68. The molecule has 0 spiro atoms. The van der Waals surface area contributed by atoms with Gasteiger partial charge in [-0.1, -0.05) is 53.6 Å². The molecule has 0 bridgehead atoms. The summed E-state index contributed by atoms with van der Waals surface area (Å²) in [6, 6.07) is 20.8. The molecular formula is C28H28N2O6S2. The Morgan fingerprint density at radius 2 is 1.34 bits per heavy atom. The van der Waals surface area contributed by atoms with E-state index in [9.17, 15) is 21.6 Å². The third-order valence-corrected chi connectivity index (χ3v) is 8.80. The molecule has 0 unspecified atom stereocenters. The lowest BCUT2D eigenvalue weighted by Gasteiger charge is -2.28. The number of ether oxygens (including phenoxy) is 1. The highest BCUT2D eigenvalue weighted by Gasteiger charge is 2.31. The number of sulfonamides is 2. The van der Waals surface area contributed by atoms with Crippen LogP contribution in [0.5, 0.6) is 0 Å². The van der Waals surface area contributed by atoms with E-state index in [2.05, 4.69) is 18.5 Å². The van der Waals surface area contributed by atoms with Crippen molar-refractivity contribution < 1.29 is 26.4 Å². The average molecular weight is 553 g/mol. The van der Waals surface area contributed by atoms with E-state index in [0.717, 1.165) is 15.4 Å². The molecule has 0 N–H and O–H groups in total. The molecule has 3 rings (SSSR count). The molecule has 3 aromatic rings. The maximum absolute atomic E-state index is 13.8. The summed E-state index contributed by atoms with van der Waals surface area (Å²) >= 11 is 0. The van der Waals surface area contributed by atoms with Gasteiger partial charge in [-0.25, -0.2) is 21.6 Å². The minimum Gasteiger partial charge on any atom is -0.456 e. The number of hydrogen-bond donors (Lipinski definition) is 0. The molecule has 38 heavy (non-hydrogen) atoms. The number of aryl methyl sites for hydroxylation is 2. The second-order valence-corrected chi connectivity index (χ2v) is 11.8. The minimum atomic E-state index is -4.36. The van der Waals surface area contributed by atoms with Crippen LogP contribution in [0.1, 0.15) is 18.1 Å². The molecule has 0 amide bonds. The summed E-state index contributed by atoms with van der Waals surface area (Å²) in [6.07, 6.45) is 1.39. The van der Waals surface area contributed by atoms with Gasteiger partial charge in [0.1, 0.15) is 0 Å². The normalized spacial score (nSPS) is 11.1. The van der Waals surface area contributed by atoms with Gasteiger partial charge in [0, 0.05) is 12.0 Å². The summed E-state index contributed by atoms with van der Waals surface area (Å²) in [4.78, 5) is 12.0. The smallest absolute Gasteiger partial charge is 0.386 e. The lowest BCUT2D eigenvalue weighted by Crippen LogP contribution is -2.34. The maximum Gasteiger partial charge on any atom is 0.386 e. The highest BCUT2D eigenvalue weighted by molar-refractivity contribution is 7.93. The van der Waals surface area contributed by atoms with Crippen LogP contribution in [0, 0.1) is 25.8 Å². The van der Waals surface area contributed by atoms with Gasteiger partial charge in [0.25, 0.3) is 20.0 Å². The van der Waals surface area contributed by atoms with E-state index in [1.807, 2.05) is 13.8 Å². The van der Waals surface area contributed by atoms with Crippen LogP contribution in [0.2, 0.25) is 0 Å². The molecule has 0 radical (unpaired) electrons. The van der Waals surface area contributed by atoms with E-state index in [1.54, 1.807) is 43.3 Å². The summed E-state index contributed by atoms with van der Waals surface area (Å²) < 4.78 is 61.6. The summed E-state index contributed by atoms with van der Waals surface area (Å²) in [7, 11) is -8.51. The molecule has 0 fully saturated rings. The van der Waals surface area contributed by atoms with Crippen molar-refractivity contribution in [1.29, 1.82) is 0 Å². The summed E-state index contributed by atoms with van der Waals surface area (Å²) in [5.74, 6) is 1.27. The molecule has 0 aliphatic rings. The van der Waals surface area contributed by atoms with Crippen molar-refractivity contribution in [3.8, 4) is 12.0 Å². The molecule has 3 aromatic carbocycles. The van der Waals surface area contributed by atoms with Crippen LogP contribution in [0.15, 0.2) is 95.2 Å². The third-order valence-electron chi connectivity index (χ3n) is 5.37. The molecule has 0 saturated heterocycles. The van der Waals surface area contributed by atoms with Crippen molar-refractivity contribution in [3.05, 3.63) is 96.6 Å². The van der Waals surface area contributed by atoms with Gasteiger partial charge in [-0.2, -0.15) is 4.31 Å².